The number of ether oxygens (including phenoxy) is 3. The number of sulfonamides is 1. The van der Waals surface area contributed by atoms with Gasteiger partial charge in [0.25, 0.3) is 10.0 Å². The number of hydrogen-bond donors (Lipinski definition) is 1. The van der Waals surface area contributed by atoms with E-state index in [-0.39, 0.29) is 18.0 Å². The Morgan fingerprint density at radius 3 is 2.23 bits per heavy atom. The number of nitrogens with zero attached hydrogens (tertiary/aromatic N) is 1. The molecule has 0 saturated carbocycles. The van der Waals surface area contributed by atoms with Gasteiger partial charge in [0.05, 0.1) is 30.8 Å². The maximum absolute atomic E-state index is 13.4. The number of carbonyl (C=O) groups excluding carboxylic acids is 1. The summed E-state index contributed by atoms with van der Waals surface area (Å²) in [6.07, 6.45) is 0. The van der Waals surface area contributed by atoms with Crippen molar-refractivity contribution in [3.05, 3.63) is 77.3 Å². The highest BCUT2D eigenvalue weighted by molar-refractivity contribution is 9.10. The van der Waals surface area contributed by atoms with Crippen molar-refractivity contribution >= 4 is 37.5 Å². The van der Waals surface area contributed by atoms with Gasteiger partial charge in [0.15, 0.2) is 11.5 Å². The number of carbonyl (C=O) groups is 1. The van der Waals surface area contributed by atoms with Crippen molar-refractivity contribution in [3.63, 3.8) is 0 Å². The molecule has 0 aliphatic rings. The third-order valence-electron chi connectivity index (χ3n) is 4.88. The lowest BCUT2D eigenvalue weighted by molar-refractivity contribution is -0.119. The molecule has 0 spiro atoms. The normalized spacial score (nSPS) is 10.9. The molecule has 0 heterocycles. The van der Waals surface area contributed by atoms with Crippen molar-refractivity contribution in [2.24, 2.45) is 0 Å². The molecule has 0 bridgehead atoms. The van der Waals surface area contributed by atoms with Crippen molar-refractivity contribution in [1.82, 2.24) is 5.32 Å². The third kappa shape index (κ3) is 7.12. The minimum Gasteiger partial charge on any atom is -0.494 e. The Kier molecular flexibility index (Phi) is 9.39. The second kappa shape index (κ2) is 12.5. The summed E-state index contributed by atoms with van der Waals surface area (Å²) in [4.78, 5) is 12.8. The van der Waals surface area contributed by atoms with Gasteiger partial charge in [-0.05, 0) is 67.6 Å². The molecule has 0 unspecified atom stereocenters. The van der Waals surface area contributed by atoms with Crippen LogP contribution in [0.3, 0.4) is 0 Å². The van der Waals surface area contributed by atoms with Crippen molar-refractivity contribution < 1.29 is 27.4 Å². The Balaban J connectivity index is 1.72. The smallest absolute Gasteiger partial charge is 0.264 e. The van der Waals surface area contributed by atoms with Gasteiger partial charge >= 0.3 is 0 Å². The number of para-hydroxylation sites is 2. The predicted octanol–water partition coefficient (Wildman–Crippen LogP) is 4.25. The topological polar surface area (TPSA) is 94.2 Å². The lowest BCUT2D eigenvalue weighted by Crippen LogP contribution is -2.41. The number of rotatable bonds is 12. The van der Waals surface area contributed by atoms with E-state index >= 15 is 0 Å². The molecule has 1 N–H and O–H groups in total. The van der Waals surface area contributed by atoms with Crippen LogP contribution in [0.4, 0.5) is 5.69 Å². The van der Waals surface area contributed by atoms with E-state index in [1.807, 2.05) is 19.1 Å². The van der Waals surface area contributed by atoms with Crippen LogP contribution in [0.5, 0.6) is 17.2 Å². The van der Waals surface area contributed by atoms with E-state index in [1.165, 1.54) is 12.1 Å². The monoisotopic (exact) mass is 562 g/mol. The summed E-state index contributed by atoms with van der Waals surface area (Å²) in [5, 5.41) is 2.71. The third-order valence-corrected chi connectivity index (χ3v) is 7.19. The Labute approximate surface area is 214 Å². The lowest BCUT2D eigenvalue weighted by atomic mass is 10.3. The van der Waals surface area contributed by atoms with Gasteiger partial charge in [-0.25, -0.2) is 8.42 Å². The number of hydrogen-bond acceptors (Lipinski definition) is 6. The summed E-state index contributed by atoms with van der Waals surface area (Å²) < 4.78 is 45.0. The molecule has 0 radical (unpaired) electrons. The molecule has 3 aromatic carbocycles. The zero-order valence-corrected chi connectivity index (χ0v) is 21.8. The number of methoxy groups -OCH3 is 1. The van der Waals surface area contributed by atoms with Crippen LogP contribution in [0.25, 0.3) is 0 Å². The predicted molar refractivity (Wildman–Crippen MR) is 138 cm³/mol. The van der Waals surface area contributed by atoms with Gasteiger partial charge in [0.1, 0.15) is 18.9 Å². The molecule has 0 saturated heterocycles. The quantitative estimate of drug-likeness (QED) is 0.332. The zero-order valence-electron chi connectivity index (χ0n) is 19.4. The van der Waals surface area contributed by atoms with E-state index in [0.717, 1.165) is 8.78 Å². The van der Waals surface area contributed by atoms with E-state index in [0.29, 0.717) is 29.5 Å². The Bertz CT molecular complexity index is 1220. The molecule has 186 valence electrons. The van der Waals surface area contributed by atoms with Crippen LogP contribution in [0.2, 0.25) is 0 Å². The fraction of sp³-hybridized carbons (Fsp3) is 0.240. The maximum atomic E-state index is 13.4. The van der Waals surface area contributed by atoms with Gasteiger partial charge in [-0.1, -0.05) is 28.1 Å². The summed E-state index contributed by atoms with van der Waals surface area (Å²) in [5.41, 5.74) is 0.344. The lowest BCUT2D eigenvalue weighted by Gasteiger charge is -2.24. The summed E-state index contributed by atoms with van der Waals surface area (Å²) in [6, 6.07) is 20.0. The molecule has 10 heteroatoms. The highest BCUT2D eigenvalue weighted by Gasteiger charge is 2.27. The average molecular weight is 563 g/mol. The molecule has 0 fully saturated rings. The van der Waals surface area contributed by atoms with E-state index in [2.05, 4.69) is 21.2 Å². The van der Waals surface area contributed by atoms with Crippen molar-refractivity contribution in [2.45, 2.75) is 11.8 Å². The number of nitrogens with one attached hydrogen (secondary N) is 1. The van der Waals surface area contributed by atoms with E-state index in [9.17, 15) is 13.2 Å². The SMILES string of the molecule is CCOc1ccc(N(CC(=O)NCCOc2ccccc2OC)S(=O)(=O)c2ccc(Br)cc2)cc1. The van der Waals surface area contributed by atoms with Crippen LogP contribution in [0, 0.1) is 0 Å². The van der Waals surface area contributed by atoms with Crippen LogP contribution in [0.1, 0.15) is 6.92 Å². The molecule has 35 heavy (non-hydrogen) atoms. The largest absolute Gasteiger partial charge is 0.494 e. The van der Waals surface area contributed by atoms with Gasteiger partial charge in [0.2, 0.25) is 5.91 Å². The van der Waals surface area contributed by atoms with Crippen molar-refractivity contribution in [1.29, 1.82) is 0 Å². The highest BCUT2D eigenvalue weighted by atomic mass is 79.9. The molecule has 1 amide bonds. The van der Waals surface area contributed by atoms with E-state index in [1.54, 1.807) is 55.6 Å². The van der Waals surface area contributed by atoms with Gasteiger partial charge in [-0.2, -0.15) is 0 Å². The van der Waals surface area contributed by atoms with Crippen LogP contribution < -0.4 is 23.8 Å². The molecule has 3 aromatic rings. The number of amides is 1. The Morgan fingerprint density at radius 1 is 0.943 bits per heavy atom. The Hall–Kier alpha value is -3.24. The molecule has 0 atom stereocenters. The standard InChI is InChI=1S/C25H27BrN2O6S/c1-3-33-21-12-10-20(11-13-21)28(35(30,31)22-14-8-19(26)9-15-22)18-25(29)27-16-17-34-24-7-5-4-6-23(24)32-2/h4-15H,3,16-18H2,1-2H3,(H,27,29). The van der Waals surface area contributed by atoms with E-state index in [4.69, 9.17) is 14.2 Å². The molecule has 8 nitrogen and oxygen atoms in total. The number of halogens is 1. The highest BCUT2D eigenvalue weighted by Crippen LogP contribution is 2.27. The molecule has 3 rings (SSSR count). The first-order chi connectivity index (χ1) is 16.8. The first-order valence-electron chi connectivity index (χ1n) is 10.9. The summed E-state index contributed by atoms with van der Waals surface area (Å²) >= 11 is 3.31. The molecule has 0 aliphatic heterocycles. The summed E-state index contributed by atoms with van der Waals surface area (Å²) in [5.74, 6) is 1.28. The summed E-state index contributed by atoms with van der Waals surface area (Å²) in [6.45, 7) is 2.32. The van der Waals surface area contributed by atoms with Crippen LogP contribution in [-0.4, -0.2) is 47.7 Å². The second-order valence-electron chi connectivity index (χ2n) is 7.24. The molecular weight excluding hydrogens is 536 g/mol. The maximum Gasteiger partial charge on any atom is 0.264 e. The fourth-order valence-corrected chi connectivity index (χ4v) is 4.89. The fourth-order valence-electron chi connectivity index (χ4n) is 3.20. The van der Waals surface area contributed by atoms with Crippen molar-refractivity contribution in [3.8, 4) is 17.2 Å². The van der Waals surface area contributed by atoms with Crippen LogP contribution >= 0.6 is 15.9 Å². The average Bonchev–Trinajstić information content (AvgIpc) is 2.86. The van der Waals surface area contributed by atoms with E-state index < -0.39 is 22.5 Å². The minimum atomic E-state index is -4.01. The zero-order chi connectivity index (χ0) is 25.3. The molecular formula is C25H27BrN2O6S. The first kappa shape index (κ1) is 26.4. The molecule has 0 aliphatic carbocycles. The van der Waals surface area contributed by atoms with Crippen molar-refractivity contribution in [2.75, 3.05) is 37.7 Å². The van der Waals surface area contributed by atoms with Gasteiger partial charge in [-0.3, -0.25) is 9.10 Å². The van der Waals surface area contributed by atoms with Crippen LogP contribution in [-0.2, 0) is 14.8 Å². The molecule has 0 aromatic heterocycles. The van der Waals surface area contributed by atoms with Crippen LogP contribution in [0.15, 0.2) is 82.2 Å². The van der Waals surface area contributed by atoms with Gasteiger partial charge in [-0.15, -0.1) is 0 Å². The number of benzene rings is 3. The van der Waals surface area contributed by atoms with Gasteiger partial charge < -0.3 is 19.5 Å². The second-order valence-corrected chi connectivity index (χ2v) is 10.0. The summed E-state index contributed by atoms with van der Waals surface area (Å²) in [7, 11) is -2.46. The minimum absolute atomic E-state index is 0.0712. The number of anilines is 1. The van der Waals surface area contributed by atoms with Gasteiger partial charge in [0, 0.05) is 4.47 Å². The Morgan fingerprint density at radius 2 is 1.60 bits per heavy atom. The first-order valence-corrected chi connectivity index (χ1v) is 13.1.